The van der Waals surface area contributed by atoms with Crippen LogP contribution in [-0.2, 0) is 6.42 Å². The fourth-order valence-electron chi connectivity index (χ4n) is 4.16. The van der Waals surface area contributed by atoms with Crippen LogP contribution in [0.2, 0.25) is 0 Å². The lowest BCUT2D eigenvalue weighted by Gasteiger charge is -2.24. The zero-order valence-corrected chi connectivity index (χ0v) is 18.7. The third-order valence-electron chi connectivity index (χ3n) is 5.97. The van der Waals surface area contributed by atoms with Gasteiger partial charge in [-0.05, 0) is 43.0 Å². The summed E-state index contributed by atoms with van der Waals surface area (Å²) in [6, 6.07) is 17.6. The minimum Gasteiger partial charge on any atom is -0.497 e. The molecule has 1 atom stereocenters. The second-order valence-electron chi connectivity index (χ2n) is 8.11. The van der Waals surface area contributed by atoms with E-state index in [4.69, 9.17) is 4.74 Å². The first kappa shape index (κ1) is 20.4. The number of H-pyrrole nitrogens is 1. The summed E-state index contributed by atoms with van der Waals surface area (Å²) in [6.45, 7) is 2.04. The number of thiazole rings is 1. The van der Waals surface area contributed by atoms with E-state index in [9.17, 15) is 9.59 Å². The van der Waals surface area contributed by atoms with Crippen LogP contribution in [-0.4, -0.2) is 22.9 Å². The van der Waals surface area contributed by atoms with Crippen molar-refractivity contribution in [3.8, 4) is 27.6 Å². The molecular weight excluding hydrogens is 420 g/mol. The standard InChI is InChI=1S/C26H22N2O3S/c1-15-3-5-17(6-4-15)23-14-32-26(28-23)21-13-20-22(27-25(21)30)11-18(12-24(20)29)16-7-9-19(31-2)10-8-16/h3-10,13-14,18H,11-12H2,1-2H3,(H,27,30). The first-order chi connectivity index (χ1) is 15.5. The molecule has 4 aromatic rings. The Kier molecular flexibility index (Phi) is 5.23. The smallest absolute Gasteiger partial charge is 0.258 e. The Morgan fingerprint density at radius 3 is 2.47 bits per heavy atom. The number of carbonyl (C=O) groups excluding carboxylic acids is 1. The van der Waals surface area contributed by atoms with E-state index in [1.165, 1.54) is 16.9 Å². The lowest BCUT2D eigenvalue weighted by molar-refractivity contribution is 0.0963. The Labute approximate surface area is 189 Å². The highest BCUT2D eigenvalue weighted by Crippen LogP contribution is 2.34. The Bertz CT molecular complexity index is 1350. The van der Waals surface area contributed by atoms with Crippen LogP contribution in [0, 0.1) is 6.92 Å². The van der Waals surface area contributed by atoms with Crippen LogP contribution in [0.1, 0.15) is 39.5 Å². The highest BCUT2D eigenvalue weighted by Gasteiger charge is 2.28. The summed E-state index contributed by atoms with van der Waals surface area (Å²) in [5, 5.41) is 2.56. The maximum Gasteiger partial charge on any atom is 0.258 e. The Balaban J connectivity index is 1.46. The first-order valence-electron chi connectivity index (χ1n) is 10.5. The summed E-state index contributed by atoms with van der Waals surface area (Å²) >= 11 is 1.41. The molecular formula is C26H22N2O3S. The molecule has 1 N–H and O–H groups in total. The van der Waals surface area contributed by atoms with Gasteiger partial charge in [0.05, 0.1) is 18.4 Å². The van der Waals surface area contributed by atoms with Gasteiger partial charge in [-0.1, -0.05) is 42.0 Å². The Morgan fingerprint density at radius 1 is 1.00 bits per heavy atom. The molecule has 0 spiro atoms. The van der Waals surface area contributed by atoms with Crippen molar-refractivity contribution in [1.82, 2.24) is 9.97 Å². The summed E-state index contributed by atoms with van der Waals surface area (Å²) in [4.78, 5) is 33.5. The fourth-order valence-corrected chi connectivity index (χ4v) is 5.00. The lowest BCUT2D eigenvalue weighted by atomic mass is 9.81. The van der Waals surface area contributed by atoms with E-state index in [0.29, 0.717) is 34.7 Å². The van der Waals surface area contributed by atoms with Gasteiger partial charge in [0.1, 0.15) is 10.8 Å². The highest BCUT2D eigenvalue weighted by atomic mass is 32.1. The molecule has 2 aromatic heterocycles. The molecule has 1 aliphatic rings. The third-order valence-corrected chi connectivity index (χ3v) is 6.85. The maximum atomic E-state index is 13.0. The largest absolute Gasteiger partial charge is 0.497 e. The SMILES string of the molecule is COc1ccc(C2CC(=O)c3cc(-c4nc(-c5ccc(C)cc5)cs4)c(=O)[nH]c3C2)cc1. The molecule has 0 bridgehead atoms. The number of aryl methyl sites for hydroxylation is 1. The second-order valence-corrected chi connectivity index (χ2v) is 8.97. The van der Waals surface area contributed by atoms with Gasteiger partial charge in [-0.15, -0.1) is 11.3 Å². The molecule has 5 rings (SSSR count). The van der Waals surface area contributed by atoms with Gasteiger partial charge in [-0.25, -0.2) is 4.98 Å². The quantitative estimate of drug-likeness (QED) is 0.460. The number of fused-ring (bicyclic) bond motifs is 1. The van der Waals surface area contributed by atoms with Crippen molar-refractivity contribution in [2.75, 3.05) is 7.11 Å². The molecule has 0 saturated carbocycles. The molecule has 0 saturated heterocycles. The van der Waals surface area contributed by atoms with E-state index in [1.807, 2.05) is 60.8 Å². The van der Waals surface area contributed by atoms with Crippen LogP contribution < -0.4 is 10.3 Å². The number of ether oxygens (including phenoxy) is 1. The average molecular weight is 443 g/mol. The highest BCUT2D eigenvalue weighted by molar-refractivity contribution is 7.13. The number of hydrogen-bond donors (Lipinski definition) is 1. The van der Waals surface area contributed by atoms with Crippen molar-refractivity contribution in [3.05, 3.63) is 92.7 Å². The van der Waals surface area contributed by atoms with E-state index >= 15 is 0 Å². The van der Waals surface area contributed by atoms with Crippen LogP contribution >= 0.6 is 11.3 Å². The molecule has 1 unspecified atom stereocenters. The van der Waals surface area contributed by atoms with E-state index in [2.05, 4.69) is 9.97 Å². The molecule has 0 aliphatic heterocycles. The zero-order chi connectivity index (χ0) is 22.2. The average Bonchev–Trinajstić information content (AvgIpc) is 3.29. The maximum absolute atomic E-state index is 13.0. The predicted octanol–water partition coefficient (Wildman–Crippen LogP) is 5.40. The number of nitrogens with zero attached hydrogens (tertiary/aromatic N) is 1. The number of aromatic nitrogens is 2. The molecule has 0 fully saturated rings. The van der Waals surface area contributed by atoms with Gasteiger partial charge in [0.2, 0.25) is 0 Å². The zero-order valence-electron chi connectivity index (χ0n) is 17.8. The minimum atomic E-state index is -0.211. The molecule has 2 aromatic carbocycles. The topological polar surface area (TPSA) is 72.0 Å². The van der Waals surface area contributed by atoms with E-state index in [1.54, 1.807) is 13.2 Å². The van der Waals surface area contributed by atoms with Crippen LogP contribution in [0.25, 0.3) is 21.8 Å². The predicted molar refractivity (Wildman–Crippen MR) is 127 cm³/mol. The van der Waals surface area contributed by atoms with Gasteiger partial charge in [-0.3, -0.25) is 9.59 Å². The first-order valence-corrected chi connectivity index (χ1v) is 11.4. The minimum absolute atomic E-state index is 0.0374. The van der Waals surface area contributed by atoms with Gasteiger partial charge in [0.25, 0.3) is 5.56 Å². The van der Waals surface area contributed by atoms with Crippen LogP contribution in [0.4, 0.5) is 0 Å². The van der Waals surface area contributed by atoms with E-state index in [-0.39, 0.29) is 17.3 Å². The molecule has 5 nitrogen and oxygen atoms in total. The number of ketones is 1. The lowest BCUT2D eigenvalue weighted by Crippen LogP contribution is -2.24. The normalized spacial score (nSPS) is 15.4. The van der Waals surface area contributed by atoms with Crippen molar-refractivity contribution in [1.29, 1.82) is 0 Å². The summed E-state index contributed by atoms with van der Waals surface area (Å²) < 4.78 is 5.22. The van der Waals surface area contributed by atoms with Crippen molar-refractivity contribution in [2.45, 2.75) is 25.7 Å². The number of Topliss-reactive ketones (excluding diaryl/α,β-unsaturated/α-hetero) is 1. The number of aromatic amines is 1. The van der Waals surface area contributed by atoms with Crippen molar-refractivity contribution >= 4 is 17.1 Å². The number of pyridine rings is 1. The number of carbonyl (C=O) groups is 1. The number of nitrogens with one attached hydrogen (secondary N) is 1. The molecule has 6 heteroatoms. The van der Waals surface area contributed by atoms with Crippen LogP contribution in [0.3, 0.4) is 0 Å². The number of hydrogen-bond acceptors (Lipinski definition) is 5. The van der Waals surface area contributed by atoms with Gasteiger partial charge in [0.15, 0.2) is 5.78 Å². The number of rotatable bonds is 4. The summed E-state index contributed by atoms with van der Waals surface area (Å²) in [7, 11) is 1.63. The molecule has 32 heavy (non-hydrogen) atoms. The molecule has 1 aliphatic carbocycles. The van der Waals surface area contributed by atoms with Crippen LogP contribution in [0.15, 0.2) is 64.8 Å². The van der Waals surface area contributed by atoms with Crippen molar-refractivity contribution in [3.63, 3.8) is 0 Å². The Hall–Kier alpha value is -3.51. The molecule has 160 valence electrons. The van der Waals surface area contributed by atoms with Crippen LogP contribution in [0.5, 0.6) is 5.75 Å². The molecule has 0 amide bonds. The monoisotopic (exact) mass is 442 g/mol. The summed E-state index contributed by atoms with van der Waals surface area (Å²) in [5.41, 5.74) is 5.61. The second kappa shape index (κ2) is 8.20. The Morgan fingerprint density at radius 2 is 1.75 bits per heavy atom. The van der Waals surface area contributed by atoms with Gasteiger partial charge in [-0.2, -0.15) is 0 Å². The number of benzene rings is 2. The fraction of sp³-hybridized carbons (Fsp3) is 0.192. The van der Waals surface area contributed by atoms with Crippen molar-refractivity contribution in [2.24, 2.45) is 0 Å². The molecule has 2 heterocycles. The summed E-state index contributed by atoms with van der Waals surface area (Å²) in [5.74, 6) is 0.859. The number of methoxy groups -OCH3 is 1. The van der Waals surface area contributed by atoms with E-state index in [0.717, 1.165) is 22.6 Å². The van der Waals surface area contributed by atoms with E-state index < -0.39 is 0 Å². The van der Waals surface area contributed by atoms with Crippen molar-refractivity contribution < 1.29 is 9.53 Å². The molecule has 0 radical (unpaired) electrons. The van der Waals surface area contributed by atoms with Gasteiger partial charge in [0, 0.05) is 28.6 Å². The van der Waals surface area contributed by atoms with Gasteiger partial charge < -0.3 is 9.72 Å². The summed E-state index contributed by atoms with van der Waals surface area (Å²) in [6.07, 6.45) is 1.03. The van der Waals surface area contributed by atoms with Gasteiger partial charge >= 0.3 is 0 Å². The third kappa shape index (κ3) is 3.78.